The van der Waals surface area contributed by atoms with E-state index in [0.29, 0.717) is 11.3 Å². The third kappa shape index (κ3) is 4.33. The molecule has 30 heavy (non-hydrogen) atoms. The summed E-state index contributed by atoms with van der Waals surface area (Å²) in [6.07, 6.45) is 13.9. The fourth-order valence-electron chi connectivity index (χ4n) is 8.25. The van der Waals surface area contributed by atoms with Crippen LogP contribution in [0.5, 0.6) is 0 Å². The van der Waals surface area contributed by atoms with E-state index in [1.54, 1.807) is 0 Å². The maximum Gasteiger partial charge on any atom is 0.0632 e. The summed E-state index contributed by atoms with van der Waals surface area (Å²) in [4.78, 5) is 0. The molecule has 0 spiro atoms. The number of hydrogen-bond donors (Lipinski definition) is 1. The molecule has 3 rings (SSSR count). The topological polar surface area (TPSA) is 32.6 Å². The summed E-state index contributed by atoms with van der Waals surface area (Å²) >= 11 is 0. The Morgan fingerprint density at radius 1 is 1.07 bits per heavy atom. The van der Waals surface area contributed by atoms with Crippen LogP contribution >= 0.6 is 0 Å². The van der Waals surface area contributed by atoms with E-state index in [4.69, 9.17) is 0 Å². The molecule has 7 atom stereocenters. The number of fused-ring (bicyclic) bond motifs is 3. The van der Waals surface area contributed by atoms with Crippen molar-refractivity contribution in [3.8, 4) is 11.8 Å². The number of hydrogen-bond acceptors (Lipinski definition) is 2. The molecule has 0 aromatic carbocycles. The molecule has 2 nitrogen and oxygen atoms in total. The van der Waals surface area contributed by atoms with Crippen LogP contribution < -0.4 is 0 Å². The van der Waals surface area contributed by atoms with E-state index in [1.165, 1.54) is 51.4 Å². The highest BCUT2D eigenvalue weighted by Gasteiger charge is 2.59. The third-order valence-electron chi connectivity index (χ3n) is 9.90. The van der Waals surface area contributed by atoms with Gasteiger partial charge < -0.3 is 5.21 Å². The summed E-state index contributed by atoms with van der Waals surface area (Å²) in [5.41, 5.74) is 1.61. The average molecular weight is 414 g/mol. The van der Waals surface area contributed by atoms with Crippen LogP contribution in [-0.2, 0) is 0 Å². The first-order valence-electron chi connectivity index (χ1n) is 12.9. The minimum Gasteiger partial charge on any atom is -0.411 e. The lowest BCUT2D eigenvalue weighted by Crippen LogP contribution is -2.52. The zero-order valence-corrected chi connectivity index (χ0v) is 20.6. The molecule has 0 radical (unpaired) electrons. The Bertz CT molecular complexity index is 670. The molecular weight excluding hydrogens is 366 g/mol. The first-order valence-corrected chi connectivity index (χ1v) is 12.9. The van der Waals surface area contributed by atoms with Gasteiger partial charge in [-0.05, 0) is 92.8 Å². The van der Waals surface area contributed by atoms with Crippen LogP contribution in [0, 0.1) is 58.2 Å². The van der Waals surface area contributed by atoms with Crippen molar-refractivity contribution in [3.63, 3.8) is 0 Å². The van der Waals surface area contributed by atoms with Crippen LogP contribution in [0.25, 0.3) is 0 Å². The lowest BCUT2D eigenvalue weighted by atomic mass is 9.47. The van der Waals surface area contributed by atoms with E-state index in [9.17, 15) is 5.21 Å². The van der Waals surface area contributed by atoms with Gasteiger partial charge in [-0.15, -0.1) is 11.8 Å². The standard InChI is InChI=1S/C28H47NO/c1-7-8-9-18-28(6)25-17-19-27(5)23(21(4)12-10-11-20(2)3)14-15-24(27)22(25)13-16-26(28)29-30/h20-25,30H,9-19H2,1-6H3/t21-,22+,23-,24+,25+,27-,28-/m1/s1. The Labute approximate surface area is 186 Å². The molecule has 0 amide bonds. The highest BCUT2D eigenvalue weighted by molar-refractivity contribution is 5.90. The van der Waals surface area contributed by atoms with Crippen LogP contribution in [0.4, 0.5) is 0 Å². The van der Waals surface area contributed by atoms with Gasteiger partial charge in [0.05, 0.1) is 5.71 Å². The SMILES string of the molecule is CC#CCC[C@@]1(C)C(=NO)CC[C@H]2[C@@H]3CC[C@H]([C@H](C)CCCC(C)C)[C@@]3(C)CC[C@@H]21. The monoisotopic (exact) mass is 413 g/mol. The first kappa shape index (κ1) is 23.7. The molecule has 1 N–H and O–H groups in total. The molecule has 2 heteroatoms. The molecule has 170 valence electrons. The molecule has 0 heterocycles. The van der Waals surface area contributed by atoms with Crippen LogP contribution in [0.1, 0.15) is 112 Å². The van der Waals surface area contributed by atoms with Crippen molar-refractivity contribution in [2.75, 3.05) is 0 Å². The van der Waals surface area contributed by atoms with Gasteiger partial charge in [-0.25, -0.2) is 0 Å². The fraction of sp³-hybridized carbons (Fsp3) is 0.893. The van der Waals surface area contributed by atoms with Gasteiger partial charge in [-0.1, -0.05) is 59.0 Å². The van der Waals surface area contributed by atoms with Gasteiger partial charge in [-0.3, -0.25) is 0 Å². The molecule has 0 aromatic rings. The van der Waals surface area contributed by atoms with E-state index in [-0.39, 0.29) is 5.41 Å². The van der Waals surface area contributed by atoms with Gasteiger partial charge in [0.1, 0.15) is 0 Å². The summed E-state index contributed by atoms with van der Waals surface area (Å²) in [7, 11) is 0. The van der Waals surface area contributed by atoms with E-state index < -0.39 is 0 Å². The highest BCUT2D eigenvalue weighted by Crippen LogP contribution is 2.66. The van der Waals surface area contributed by atoms with E-state index in [0.717, 1.165) is 54.6 Å². The number of rotatable bonds is 7. The van der Waals surface area contributed by atoms with Crippen LogP contribution in [0.3, 0.4) is 0 Å². The highest BCUT2D eigenvalue weighted by atomic mass is 16.4. The quantitative estimate of drug-likeness (QED) is 0.256. The second-order valence-corrected chi connectivity index (χ2v) is 11.8. The van der Waals surface area contributed by atoms with Crippen molar-refractivity contribution in [2.24, 2.45) is 51.5 Å². The van der Waals surface area contributed by atoms with Crippen molar-refractivity contribution in [3.05, 3.63) is 0 Å². The predicted molar refractivity (Wildman–Crippen MR) is 128 cm³/mol. The number of oxime groups is 1. The summed E-state index contributed by atoms with van der Waals surface area (Å²) < 4.78 is 0. The predicted octanol–water partition coefficient (Wildman–Crippen LogP) is 7.94. The van der Waals surface area contributed by atoms with Gasteiger partial charge in [0.2, 0.25) is 0 Å². The largest absolute Gasteiger partial charge is 0.411 e. The van der Waals surface area contributed by atoms with E-state index in [2.05, 4.69) is 51.6 Å². The van der Waals surface area contributed by atoms with Crippen LogP contribution in [-0.4, -0.2) is 10.9 Å². The summed E-state index contributed by atoms with van der Waals surface area (Å²) in [6.45, 7) is 14.2. The normalized spacial score (nSPS) is 40.6. The Morgan fingerprint density at radius 3 is 2.50 bits per heavy atom. The molecule has 3 saturated carbocycles. The molecule has 0 bridgehead atoms. The van der Waals surface area contributed by atoms with Gasteiger partial charge in [0.25, 0.3) is 0 Å². The van der Waals surface area contributed by atoms with Crippen molar-refractivity contribution in [1.82, 2.24) is 0 Å². The lowest BCUT2D eigenvalue weighted by molar-refractivity contribution is -0.0445. The molecule has 0 aliphatic heterocycles. The van der Waals surface area contributed by atoms with Crippen molar-refractivity contribution in [2.45, 2.75) is 112 Å². The smallest absolute Gasteiger partial charge is 0.0632 e. The summed E-state index contributed by atoms with van der Waals surface area (Å²) in [6, 6.07) is 0. The minimum absolute atomic E-state index is 0.0316. The van der Waals surface area contributed by atoms with Gasteiger partial charge in [0.15, 0.2) is 0 Å². The molecular formula is C28H47NO. The van der Waals surface area contributed by atoms with E-state index in [1.807, 2.05) is 6.92 Å². The molecule has 0 saturated heterocycles. The van der Waals surface area contributed by atoms with Gasteiger partial charge in [-0.2, -0.15) is 0 Å². The maximum absolute atomic E-state index is 9.80. The van der Waals surface area contributed by atoms with Crippen LogP contribution in [0.15, 0.2) is 5.16 Å². The molecule has 0 unspecified atom stereocenters. The molecule has 3 aliphatic rings. The second-order valence-electron chi connectivity index (χ2n) is 11.8. The molecule has 3 fully saturated rings. The second kappa shape index (κ2) is 9.67. The minimum atomic E-state index is 0.0316. The Hall–Kier alpha value is -0.970. The summed E-state index contributed by atoms with van der Waals surface area (Å²) in [5.74, 6) is 11.3. The first-order chi connectivity index (χ1) is 14.3. The third-order valence-corrected chi connectivity index (χ3v) is 9.90. The summed E-state index contributed by atoms with van der Waals surface area (Å²) in [5, 5.41) is 13.6. The van der Waals surface area contributed by atoms with Crippen molar-refractivity contribution in [1.29, 1.82) is 0 Å². The van der Waals surface area contributed by atoms with Gasteiger partial charge >= 0.3 is 0 Å². The van der Waals surface area contributed by atoms with Crippen molar-refractivity contribution < 1.29 is 5.21 Å². The average Bonchev–Trinajstić information content (AvgIpc) is 3.05. The van der Waals surface area contributed by atoms with Gasteiger partial charge in [0, 0.05) is 11.8 Å². The van der Waals surface area contributed by atoms with Crippen molar-refractivity contribution >= 4 is 5.71 Å². The maximum atomic E-state index is 9.80. The fourth-order valence-corrected chi connectivity index (χ4v) is 8.25. The number of nitrogens with zero attached hydrogens (tertiary/aromatic N) is 1. The Balaban J connectivity index is 1.75. The zero-order chi connectivity index (χ0) is 21.9. The lowest BCUT2D eigenvalue weighted by Gasteiger charge is -2.57. The van der Waals surface area contributed by atoms with Crippen LogP contribution in [0.2, 0.25) is 0 Å². The molecule has 3 aliphatic carbocycles. The zero-order valence-electron chi connectivity index (χ0n) is 20.6. The van der Waals surface area contributed by atoms with E-state index >= 15 is 0 Å². The Kier molecular flexibility index (Phi) is 7.63. The Morgan fingerprint density at radius 2 is 1.83 bits per heavy atom. The molecule has 0 aromatic heterocycles.